The number of ketones is 2. The van der Waals surface area contributed by atoms with Gasteiger partial charge in [-0.3, -0.25) is 14.9 Å². The molecule has 3 atom stereocenters. The Morgan fingerprint density at radius 1 is 1.07 bits per heavy atom. The SMILES string of the molecule is CCCCCCCNC(O)CC1CC(=O)C(c2c(C)cc(C)cc2C)C1=O. The first-order valence-electron chi connectivity index (χ1n) is 10.4. The van der Waals surface area contributed by atoms with Crippen LogP contribution in [0.3, 0.4) is 0 Å². The summed E-state index contributed by atoms with van der Waals surface area (Å²) in [5, 5.41) is 13.3. The smallest absolute Gasteiger partial charge is 0.151 e. The lowest BCUT2D eigenvalue weighted by Gasteiger charge is -2.18. The molecule has 0 aromatic heterocycles. The zero-order valence-corrected chi connectivity index (χ0v) is 17.3. The van der Waals surface area contributed by atoms with Crippen LogP contribution >= 0.6 is 0 Å². The Kier molecular flexibility index (Phi) is 8.18. The van der Waals surface area contributed by atoms with E-state index in [4.69, 9.17) is 0 Å². The third-order valence-corrected chi connectivity index (χ3v) is 5.65. The van der Waals surface area contributed by atoms with E-state index in [0.717, 1.165) is 41.6 Å². The third-order valence-electron chi connectivity index (χ3n) is 5.65. The highest BCUT2D eigenvalue weighted by Gasteiger charge is 2.43. The Hall–Kier alpha value is -1.52. The fraction of sp³-hybridized carbons (Fsp3) is 0.652. The maximum atomic E-state index is 12.9. The molecule has 27 heavy (non-hydrogen) atoms. The van der Waals surface area contributed by atoms with E-state index in [1.807, 2.05) is 32.9 Å². The van der Waals surface area contributed by atoms with E-state index in [2.05, 4.69) is 12.2 Å². The molecule has 1 aliphatic rings. The normalized spacial score (nSPS) is 21.1. The average Bonchev–Trinajstić information content (AvgIpc) is 2.85. The second-order valence-electron chi connectivity index (χ2n) is 8.13. The van der Waals surface area contributed by atoms with E-state index in [1.165, 1.54) is 19.3 Å². The Bertz CT molecular complexity index is 645. The van der Waals surface area contributed by atoms with Crippen LogP contribution in [0.4, 0.5) is 0 Å². The maximum absolute atomic E-state index is 12.9. The van der Waals surface area contributed by atoms with Gasteiger partial charge >= 0.3 is 0 Å². The number of nitrogens with one attached hydrogen (secondary N) is 1. The van der Waals surface area contributed by atoms with E-state index < -0.39 is 12.1 Å². The summed E-state index contributed by atoms with van der Waals surface area (Å²) in [6.07, 6.45) is 5.71. The molecule has 0 spiro atoms. The second-order valence-corrected chi connectivity index (χ2v) is 8.13. The van der Waals surface area contributed by atoms with Crippen molar-refractivity contribution in [2.75, 3.05) is 6.54 Å². The van der Waals surface area contributed by atoms with E-state index in [-0.39, 0.29) is 23.9 Å². The molecule has 1 fully saturated rings. The Labute approximate surface area is 163 Å². The molecule has 4 nitrogen and oxygen atoms in total. The van der Waals surface area contributed by atoms with Gasteiger partial charge in [0.05, 0.1) is 0 Å². The monoisotopic (exact) mass is 373 g/mol. The van der Waals surface area contributed by atoms with Crippen LogP contribution in [0.2, 0.25) is 0 Å². The van der Waals surface area contributed by atoms with Gasteiger partial charge in [0.1, 0.15) is 17.9 Å². The summed E-state index contributed by atoms with van der Waals surface area (Å²) >= 11 is 0. The van der Waals surface area contributed by atoms with Crippen molar-refractivity contribution in [3.8, 4) is 0 Å². The van der Waals surface area contributed by atoms with Crippen molar-refractivity contribution >= 4 is 11.6 Å². The lowest BCUT2D eigenvalue weighted by Crippen LogP contribution is -2.33. The number of unbranched alkanes of at least 4 members (excludes halogenated alkanes) is 4. The lowest BCUT2D eigenvalue weighted by molar-refractivity contribution is -0.125. The van der Waals surface area contributed by atoms with Crippen LogP contribution in [0, 0.1) is 26.7 Å². The molecule has 2 N–H and O–H groups in total. The van der Waals surface area contributed by atoms with Crippen molar-refractivity contribution in [3.63, 3.8) is 0 Å². The molecule has 0 saturated heterocycles. The van der Waals surface area contributed by atoms with Gasteiger partial charge in [-0.1, -0.05) is 50.3 Å². The summed E-state index contributed by atoms with van der Waals surface area (Å²) < 4.78 is 0. The number of Topliss-reactive ketones (excluding diaryl/α,β-unsaturated/α-hetero) is 2. The van der Waals surface area contributed by atoms with Crippen molar-refractivity contribution in [1.29, 1.82) is 0 Å². The molecule has 150 valence electrons. The fourth-order valence-corrected chi connectivity index (χ4v) is 4.35. The van der Waals surface area contributed by atoms with Gasteiger partial charge in [0.15, 0.2) is 5.78 Å². The molecule has 0 heterocycles. The molecule has 1 aromatic carbocycles. The number of rotatable bonds is 10. The lowest BCUT2D eigenvalue weighted by atomic mass is 9.86. The maximum Gasteiger partial charge on any atom is 0.151 e. The van der Waals surface area contributed by atoms with Crippen LogP contribution in [0.5, 0.6) is 0 Å². The van der Waals surface area contributed by atoms with Gasteiger partial charge in [-0.25, -0.2) is 0 Å². The summed E-state index contributed by atoms with van der Waals surface area (Å²) in [5.74, 6) is -1.08. The number of aliphatic hydroxyl groups is 1. The minimum Gasteiger partial charge on any atom is -0.379 e. The molecule has 0 amide bonds. The summed E-state index contributed by atoms with van der Waals surface area (Å²) in [7, 11) is 0. The average molecular weight is 374 g/mol. The highest BCUT2D eigenvalue weighted by molar-refractivity contribution is 6.15. The predicted molar refractivity (Wildman–Crippen MR) is 109 cm³/mol. The van der Waals surface area contributed by atoms with Crippen molar-refractivity contribution in [2.45, 2.75) is 84.8 Å². The van der Waals surface area contributed by atoms with Gasteiger partial charge in [0, 0.05) is 12.3 Å². The Morgan fingerprint density at radius 2 is 1.70 bits per heavy atom. The van der Waals surface area contributed by atoms with Crippen LogP contribution in [0.1, 0.15) is 80.0 Å². The van der Waals surface area contributed by atoms with E-state index >= 15 is 0 Å². The zero-order valence-electron chi connectivity index (χ0n) is 17.3. The van der Waals surface area contributed by atoms with Gasteiger partial charge in [0.25, 0.3) is 0 Å². The molecule has 4 heteroatoms. The number of hydrogen-bond acceptors (Lipinski definition) is 4. The quantitative estimate of drug-likeness (QED) is 0.368. The molecule has 1 aromatic rings. The van der Waals surface area contributed by atoms with Crippen molar-refractivity contribution in [3.05, 3.63) is 34.4 Å². The Morgan fingerprint density at radius 3 is 2.33 bits per heavy atom. The fourth-order valence-electron chi connectivity index (χ4n) is 4.35. The molecular formula is C23H35NO3. The first-order chi connectivity index (χ1) is 12.8. The van der Waals surface area contributed by atoms with Crippen molar-refractivity contribution in [2.24, 2.45) is 5.92 Å². The first-order valence-corrected chi connectivity index (χ1v) is 10.4. The van der Waals surface area contributed by atoms with Gasteiger partial charge in [0.2, 0.25) is 0 Å². The minimum absolute atomic E-state index is 0.00758. The van der Waals surface area contributed by atoms with Crippen molar-refractivity contribution < 1.29 is 14.7 Å². The molecule has 1 saturated carbocycles. The van der Waals surface area contributed by atoms with Crippen LogP contribution in [-0.4, -0.2) is 29.4 Å². The summed E-state index contributed by atoms with van der Waals surface area (Å²) in [6.45, 7) is 8.90. The number of carbonyl (C=O) groups is 2. The van der Waals surface area contributed by atoms with Gasteiger partial charge in [-0.05, 0) is 56.8 Å². The second kappa shape index (κ2) is 10.1. The molecule has 2 rings (SSSR count). The summed E-state index contributed by atoms with van der Waals surface area (Å²) in [6, 6.07) is 4.07. The van der Waals surface area contributed by atoms with Gasteiger partial charge in [-0.15, -0.1) is 0 Å². The summed E-state index contributed by atoms with van der Waals surface area (Å²) in [5.41, 5.74) is 4.02. The van der Waals surface area contributed by atoms with Crippen LogP contribution in [-0.2, 0) is 9.59 Å². The van der Waals surface area contributed by atoms with Gasteiger partial charge < -0.3 is 5.11 Å². The molecule has 0 aliphatic heterocycles. The predicted octanol–water partition coefficient (Wildman–Crippen LogP) is 4.12. The molecule has 0 radical (unpaired) electrons. The van der Waals surface area contributed by atoms with Crippen LogP contribution in [0.15, 0.2) is 12.1 Å². The van der Waals surface area contributed by atoms with Crippen molar-refractivity contribution in [1.82, 2.24) is 5.32 Å². The standard InChI is InChI=1S/C23H35NO3/c1-5-6-7-8-9-10-24-20(26)14-18-13-19(25)22(23(18)27)21-16(3)11-15(2)12-17(21)4/h11-12,18,20,22,24,26H,5-10,13-14H2,1-4H3. The molecule has 3 unspecified atom stereocenters. The number of aryl methyl sites for hydroxylation is 3. The highest BCUT2D eigenvalue weighted by atomic mass is 16.3. The Balaban J connectivity index is 1.92. The number of aliphatic hydroxyl groups excluding tert-OH is 1. The zero-order chi connectivity index (χ0) is 20.0. The summed E-state index contributed by atoms with van der Waals surface area (Å²) in [4.78, 5) is 25.5. The number of hydrogen-bond donors (Lipinski definition) is 2. The van der Waals surface area contributed by atoms with Gasteiger partial charge in [-0.2, -0.15) is 0 Å². The number of carbonyl (C=O) groups excluding carboxylic acids is 2. The van der Waals surface area contributed by atoms with Crippen LogP contribution < -0.4 is 5.32 Å². The van der Waals surface area contributed by atoms with E-state index in [1.54, 1.807) is 0 Å². The number of benzene rings is 1. The topological polar surface area (TPSA) is 66.4 Å². The van der Waals surface area contributed by atoms with E-state index in [9.17, 15) is 14.7 Å². The van der Waals surface area contributed by atoms with Crippen LogP contribution in [0.25, 0.3) is 0 Å². The third kappa shape index (κ3) is 5.73. The molecule has 0 bridgehead atoms. The van der Waals surface area contributed by atoms with E-state index in [0.29, 0.717) is 6.42 Å². The molecular weight excluding hydrogens is 338 g/mol. The largest absolute Gasteiger partial charge is 0.379 e. The first kappa shape index (κ1) is 21.8. The highest BCUT2D eigenvalue weighted by Crippen LogP contribution is 2.37. The molecule has 1 aliphatic carbocycles. The minimum atomic E-state index is -0.725.